The van der Waals surface area contributed by atoms with Gasteiger partial charge in [0.15, 0.2) is 0 Å². The molecule has 8 heteroatoms. The number of rotatable bonds is 5. The maximum atomic E-state index is 13.0. The molecular weight excluding hydrogens is 345 g/mol. The minimum Gasteiger partial charge on any atom is -0.368 e. The number of piperazine rings is 1. The van der Waals surface area contributed by atoms with Gasteiger partial charge in [0.1, 0.15) is 5.82 Å². The van der Waals surface area contributed by atoms with Gasteiger partial charge in [-0.1, -0.05) is 0 Å². The van der Waals surface area contributed by atoms with Gasteiger partial charge in [-0.05, 0) is 37.1 Å². The summed E-state index contributed by atoms with van der Waals surface area (Å²) in [4.78, 5) is 16.1. The van der Waals surface area contributed by atoms with Crippen LogP contribution in [0.25, 0.3) is 0 Å². The summed E-state index contributed by atoms with van der Waals surface area (Å²) in [6.07, 6.45) is 1.84. The normalized spacial score (nSPS) is 19.4. The van der Waals surface area contributed by atoms with E-state index in [0.29, 0.717) is 39.3 Å². The van der Waals surface area contributed by atoms with Gasteiger partial charge in [-0.3, -0.25) is 4.79 Å². The Morgan fingerprint density at radius 3 is 2.16 bits per heavy atom. The van der Waals surface area contributed by atoms with E-state index in [1.165, 1.54) is 16.4 Å². The SMILES string of the molecule is O=C(CCS(=O)(=O)N1CCCC1)N1CCN(c2ccc(F)cc2)CC1. The second kappa shape index (κ2) is 7.70. The van der Waals surface area contributed by atoms with Crippen molar-refractivity contribution in [2.45, 2.75) is 19.3 Å². The predicted molar refractivity (Wildman–Crippen MR) is 94.4 cm³/mol. The van der Waals surface area contributed by atoms with Crippen LogP contribution in [0.3, 0.4) is 0 Å². The fourth-order valence-electron chi connectivity index (χ4n) is 3.34. The fourth-order valence-corrected chi connectivity index (χ4v) is 4.84. The number of carbonyl (C=O) groups excluding carboxylic acids is 1. The summed E-state index contributed by atoms with van der Waals surface area (Å²) in [5.41, 5.74) is 0.935. The predicted octanol–water partition coefficient (Wildman–Crippen LogP) is 1.29. The van der Waals surface area contributed by atoms with Gasteiger partial charge in [0.25, 0.3) is 0 Å². The maximum Gasteiger partial charge on any atom is 0.223 e. The highest BCUT2D eigenvalue weighted by molar-refractivity contribution is 7.89. The maximum absolute atomic E-state index is 13.0. The number of nitrogens with zero attached hydrogens (tertiary/aromatic N) is 3. The van der Waals surface area contributed by atoms with E-state index in [1.807, 2.05) is 0 Å². The molecular formula is C17H24FN3O3S. The molecule has 0 bridgehead atoms. The van der Waals surface area contributed by atoms with Gasteiger partial charge in [-0.2, -0.15) is 0 Å². The van der Waals surface area contributed by atoms with Crippen LogP contribution in [0.2, 0.25) is 0 Å². The van der Waals surface area contributed by atoms with Crippen molar-refractivity contribution in [3.05, 3.63) is 30.1 Å². The summed E-state index contributed by atoms with van der Waals surface area (Å²) in [6.45, 7) is 3.59. The first kappa shape index (κ1) is 18.1. The van der Waals surface area contributed by atoms with E-state index in [-0.39, 0.29) is 23.9 Å². The van der Waals surface area contributed by atoms with Crippen LogP contribution in [-0.4, -0.2) is 68.6 Å². The Labute approximate surface area is 148 Å². The van der Waals surface area contributed by atoms with Crippen molar-refractivity contribution in [2.24, 2.45) is 0 Å². The van der Waals surface area contributed by atoms with Gasteiger partial charge in [0, 0.05) is 51.4 Å². The molecule has 0 atom stereocenters. The zero-order valence-corrected chi connectivity index (χ0v) is 15.0. The molecule has 6 nitrogen and oxygen atoms in total. The first-order valence-corrected chi connectivity index (χ1v) is 10.3. The molecule has 2 fully saturated rings. The van der Waals surface area contributed by atoms with E-state index >= 15 is 0 Å². The lowest BCUT2D eigenvalue weighted by molar-refractivity contribution is -0.131. The van der Waals surface area contributed by atoms with Gasteiger partial charge in [-0.15, -0.1) is 0 Å². The first-order chi connectivity index (χ1) is 12.0. The average molecular weight is 369 g/mol. The Kier molecular flexibility index (Phi) is 5.58. The second-order valence-corrected chi connectivity index (χ2v) is 8.60. The molecule has 1 aromatic rings. The summed E-state index contributed by atoms with van der Waals surface area (Å²) in [6, 6.07) is 6.32. The number of carbonyl (C=O) groups is 1. The molecule has 2 heterocycles. The van der Waals surface area contributed by atoms with Crippen molar-refractivity contribution >= 4 is 21.6 Å². The van der Waals surface area contributed by atoms with Crippen LogP contribution in [0, 0.1) is 5.82 Å². The van der Waals surface area contributed by atoms with Gasteiger partial charge in [0.05, 0.1) is 5.75 Å². The summed E-state index contributed by atoms with van der Waals surface area (Å²) in [5.74, 6) is -0.484. The van der Waals surface area contributed by atoms with Crippen molar-refractivity contribution in [3.63, 3.8) is 0 Å². The van der Waals surface area contributed by atoms with Crippen molar-refractivity contribution in [3.8, 4) is 0 Å². The lowest BCUT2D eigenvalue weighted by Crippen LogP contribution is -2.49. The highest BCUT2D eigenvalue weighted by atomic mass is 32.2. The van der Waals surface area contributed by atoms with Crippen LogP contribution in [-0.2, 0) is 14.8 Å². The first-order valence-electron chi connectivity index (χ1n) is 8.72. The lowest BCUT2D eigenvalue weighted by atomic mass is 10.2. The minimum absolute atomic E-state index is 0.0371. The average Bonchev–Trinajstić information content (AvgIpc) is 3.16. The van der Waals surface area contributed by atoms with Crippen molar-refractivity contribution in [1.82, 2.24) is 9.21 Å². The molecule has 0 aliphatic carbocycles. The Balaban J connectivity index is 1.47. The van der Waals surface area contributed by atoms with Crippen LogP contribution in [0.15, 0.2) is 24.3 Å². The lowest BCUT2D eigenvalue weighted by Gasteiger charge is -2.36. The molecule has 0 saturated carbocycles. The quantitative estimate of drug-likeness (QED) is 0.785. The Hall–Kier alpha value is -1.67. The highest BCUT2D eigenvalue weighted by Crippen LogP contribution is 2.18. The molecule has 3 rings (SSSR count). The topological polar surface area (TPSA) is 60.9 Å². The van der Waals surface area contributed by atoms with Crippen molar-refractivity contribution in [2.75, 3.05) is 49.9 Å². The van der Waals surface area contributed by atoms with Gasteiger partial charge >= 0.3 is 0 Å². The fraction of sp³-hybridized carbons (Fsp3) is 0.588. The monoisotopic (exact) mass is 369 g/mol. The number of hydrogen-bond donors (Lipinski definition) is 0. The third kappa shape index (κ3) is 4.49. The van der Waals surface area contributed by atoms with E-state index < -0.39 is 10.0 Å². The molecule has 0 unspecified atom stereocenters. The van der Waals surface area contributed by atoms with E-state index in [9.17, 15) is 17.6 Å². The molecule has 1 aromatic carbocycles. The number of anilines is 1. The van der Waals surface area contributed by atoms with E-state index in [2.05, 4.69) is 4.90 Å². The Morgan fingerprint density at radius 1 is 0.960 bits per heavy atom. The third-order valence-electron chi connectivity index (χ3n) is 4.86. The molecule has 2 saturated heterocycles. The van der Waals surface area contributed by atoms with Crippen LogP contribution < -0.4 is 4.90 Å². The standard InChI is InChI=1S/C17H24FN3O3S/c18-15-3-5-16(6-4-15)19-10-12-20(13-11-19)17(22)7-14-25(23,24)21-8-1-2-9-21/h3-6H,1-2,7-14H2. The third-order valence-corrected chi connectivity index (χ3v) is 6.73. The summed E-state index contributed by atoms with van der Waals surface area (Å²) < 4.78 is 38.9. The molecule has 0 spiro atoms. The number of benzene rings is 1. The number of amides is 1. The molecule has 1 amide bonds. The van der Waals surface area contributed by atoms with Crippen molar-refractivity contribution < 1.29 is 17.6 Å². The van der Waals surface area contributed by atoms with E-state index in [1.54, 1.807) is 17.0 Å². The number of halogens is 1. The molecule has 2 aliphatic heterocycles. The molecule has 0 N–H and O–H groups in total. The second-order valence-electron chi connectivity index (χ2n) is 6.52. The smallest absolute Gasteiger partial charge is 0.223 e. The van der Waals surface area contributed by atoms with Crippen LogP contribution in [0.1, 0.15) is 19.3 Å². The van der Waals surface area contributed by atoms with Gasteiger partial charge in [0.2, 0.25) is 15.9 Å². The zero-order valence-electron chi connectivity index (χ0n) is 14.2. The summed E-state index contributed by atoms with van der Waals surface area (Å²) >= 11 is 0. The van der Waals surface area contributed by atoms with Gasteiger partial charge in [-0.25, -0.2) is 17.1 Å². The molecule has 138 valence electrons. The summed E-state index contributed by atoms with van der Waals surface area (Å²) in [7, 11) is -3.31. The van der Waals surface area contributed by atoms with E-state index in [4.69, 9.17) is 0 Å². The van der Waals surface area contributed by atoms with Crippen LogP contribution >= 0.6 is 0 Å². The van der Waals surface area contributed by atoms with Gasteiger partial charge < -0.3 is 9.80 Å². The largest absolute Gasteiger partial charge is 0.368 e. The summed E-state index contributed by atoms with van der Waals surface area (Å²) in [5, 5.41) is 0. The molecule has 0 radical (unpaired) electrons. The molecule has 0 aromatic heterocycles. The van der Waals surface area contributed by atoms with Crippen molar-refractivity contribution in [1.29, 1.82) is 0 Å². The van der Waals surface area contributed by atoms with Crippen LogP contribution in [0.4, 0.5) is 10.1 Å². The molecule has 2 aliphatic rings. The minimum atomic E-state index is -3.31. The Morgan fingerprint density at radius 2 is 1.56 bits per heavy atom. The molecule has 25 heavy (non-hydrogen) atoms. The highest BCUT2D eigenvalue weighted by Gasteiger charge is 2.27. The van der Waals surface area contributed by atoms with E-state index in [0.717, 1.165) is 18.5 Å². The Bertz CT molecular complexity index is 694. The number of hydrogen-bond acceptors (Lipinski definition) is 4. The zero-order chi connectivity index (χ0) is 17.9. The van der Waals surface area contributed by atoms with Crippen LogP contribution in [0.5, 0.6) is 0 Å². The number of sulfonamides is 1.